The van der Waals surface area contributed by atoms with Gasteiger partial charge in [-0.15, -0.1) is 0 Å². The summed E-state index contributed by atoms with van der Waals surface area (Å²) in [7, 11) is 0. The molecule has 0 amide bonds. The fourth-order valence-corrected chi connectivity index (χ4v) is 2.09. The molecular formula is C8H9Br2O2P. The molecule has 5 heteroatoms. The fraction of sp³-hybridized carbons (Fsp3) is 0.250. The molecule has 13 heavy (non-hydrogen) atoms. The standard InChI is InChI=1S/C8H9Br2O2P/c9-13(10,11)12-7-6-8-4-2-1-3-5-8/h1-5H,6-7H2. The van der Waals surface area contributed by atoms with E-state index in [2.05, 4.69) is 31.0 Å². The highest BCUT2D eigenvalue weighted by Crippen LogP contribution is 2.62. The SMILES string of the molecule is O=P(Br)(Br)OCCc1ccccc1. The Labute approximate surface area is 93.6 Å². The minimum Gasteiger partial charge on any atom is -0.313 e. The summed E-state index contributed by atoms with van der Waals surface area (Å²) < 4.78 is 13.4. The topological polar surface area (TPSA) is 26.3 Å². The molecule has 0 saturated heterocycles. The minimum atomic E-state index is -2.68. The first-order valence-electron chi connectivity index (χ1n) is 3.76. The van der Waals surface area contributed by atoms with E-state index in [9.17, 15) is 4.57 Å². The number of benzene rings is 1. The van der Waals surface area contributed by atoms with E-state index >= 15 is 0 Å². The van der Waals surface area contributed by atoms with Crippen molar-refractivity contribution >= 4 is 35.8 Å². The zero-order valence-electron chi connectivity index (χ0n) is 6.82. The van der Waals surface area contributed by atoms with Gasteiger partial charge in [0.05, 0.1) is 6.61 Å². The van der Waals surface area contributed by atoms with Gasteiger partial charge in [0.15, 0.2) is 0 Å². The van der Waals surface area contributed by atoms with Crippen LogP contribution in [0.1, 0.15) is 5.56 Å². The Morgan fingerprint density at radius 3 is 2.38 bits per heavy atom. The molecular weight excluding hydrogens is 319 g/mol. The van der Waals surface area contributed by atoms with Gasteiger partial charge in [-0.25, -0.2) is 0 Å². The van der Waals surface area contributed by atoms with Gasteiger partial charge in [-0.3, -0.25) is 4.57 Å². The van der Waals surface area contributed by atoms with E-state index in [-0.39, 0.29) is 0 Å². The second-order valence-electron chi connectivity index (χ2n) is 2.48. The lowest BCUT2D eigenvalue weighted by Crippen LogP contribution is -1.92. The Balaban J connectivity index is 2.33. The van der Waals surface area contributed by atoms with Crippen LogP contribution in [0.25, 0.3) is 0 Å². The Morgan fingerprint density at radius 1 is 1.23 bits per heavy atom. The summed E-state index contributed by atoms with van der Waals surface area (Å²) in [5, 5.41) is 0. The van der Waals surface area contributed by atoms with Crippen molar-refractivity contribution in [3.8, 4) is 0 Å². The molecule has 0 spiro atoms. The summed E-state index contributed by atoms with van der Waals surface area (Å²) in [5.74, 6) is 0. The van der Waals surface area contributed by atoms with Crippen molar-refractivity contribution in [2.75, 3.05) is 6.61 Å². The van der Waals surface area contributed by atoms with Gasteiger partial charge >= 0.3 is 4.77 Å². The van der Waals surface area contributed by atoms with Crippen molar-refractivity contribution < 1.29 is 9.09 Å². The zero-order valence-corrected chi connectivity index (χ0v) is 10.9. The Kier molecular flexibility index (Phi) is 4.67. The van der Waals surface area contributed by atoms with Crippen molar-refractivity contribution in [1.29, 1.82) is 0 Å². The van der Waals surface area contributed by atoms with Gasteiger partial charge in [0, 0.05) is 31.0 Å². The number of rotatable bonds is 4. The molecule has 0 radical (unpaired) electrons. The number of hydrogen-bond donors (Lipinski definition) is 0. The third kappa shape index (κ3) is 5.63. The van der Waals surface area contributed by atoms with E-state index in [0.717, 1.165) is 6.42 Å². The lowest BCUT2D eigenvalue weighted by atomic mass is 10.2. The minimum absolute atomic E-state index is 0.442. The van der Waals surface area contributed by atoms with E-state index in [0.29, 0.717) is 6.61 Å². The fourth-order valence-electron chi connectivity index (χ4n) is 0.914. The summed E-state index contributed by atoms with van der Waals surface area (Å²) in [6.45, 7) is 0.442. The Bertz CT molecular complexity index is 296. The highest BCUT2D eigenvalue weighted by Gasteiger charge is 2.11. The molecule has 0 aromatic heterocycles. The zero-order chi connectivity index (χ0) is 9.73. The molecule has 1 rings (SSSR count). The quantitative estimate of drug-likeness (QED) is 0.777. The van der Waals surface area contributed by atoms with Crippen LogP contribution in [0.5, 0.6) is 0 Å². The molecule has 0 saturated carbocycles. The van der Waals surface area contributed by atoms with Gasteiger partial charge in [-0.05, 0) is 12.0 Å². The van der Waals surface area contributed by atoms with Crippen molar-refractivity contribution in [3.63, 3.8) is 0 Å². The van der Waals surface area contributed by atoms with Crippen LogP contribution >= 0.6 is 35.8 Å². The van der Waals surface area contributed by atoms with Crippen LogP contribution in [0.4, 0.5) is 0 Å². The number of halogens is 2. The molecule has 0 heterocycles. The third-order valence-corrected chi connectivity index (χ3v) is 3.19. The average Bonchev–Trinajstić information content (AvgIpc) is 2.04. The molecule has 72 valence electrons. The maximum absolute atomic E-state index is 11.0. The van der Waals surface area contributed by atoms with Gasteiger partial charge in [0.25, 0.3) is 0 Å². The monoisotopic (exact) mass is 326 g/mol. The van der Waals surface area contributed by atoms with Gasteiger partial charge in [-0.2, -0.15) is 0 Å². The second-order valence-corrected chi connectivity index (χ2v) is 12.0. The maximum Gasteiger partial charge on any atom is 0.328 e. The Hall–Kier alpha value is 0.370. The van der Waals surface area contributed by atoms with Crippen LogP contribution in [0, 0.1) is 0 Å². The molecule has 0 fully saturated rings. The maximum atomic E-state index is 11.0. The second kappa shape index (κ2) is 5.30. The summed E-state index contributed by atoms with van der Waals surface area (Å²) >= 11 is 5.80. The molecule has 0 unspecified atom stereocenters. The first kappa shape index (κ1) is 11.4. The van der Waals surface area contributed by atoms with Crippen LogP contribution in [0.2, 0.25) is 0 Å². The molecule has 1 aromatic rings. The molecule has 0 N–H and O–H groups in total. The first-order chi connectivity index (χ1) is 6.08. The predicted octanol–water partition coefficient (Wildman–Crippen LogP) is 4.14. The van der Waals surface area contributed by atoms with E-state index in [1.165, 1.54) is 5.56 Å². The average molecular weight is 328 g/mol. The van der Waals surface area contributed by atoms with Crippen LogP contribution in [-0.4, -0.2) is 6.61 Å². The van der Waals surface area contributed by atoms with Crippen molar-refractivity contribution in [2.45, 2.75) is 6.42 Å². The number of hydrogen-bond acceptors (Lipinski definition) is 2. The van der Waals surface area contributed by atoms with Crippen LogP contribution in [0.3, 0.4) is 0 Å². The third-order valence-electron chi connectivity index (χ3n) is 1.48. The van der Waals surface area contributed by atoms with Gasteiger partial charge < -0.3 is 4.52 Å². The van der Waals surface area contributed by atoms with Crippen LogP contribution < -0.4 is 0 Å². The van der Waals surface area contributed by atoms with Gasteiger partial charge in [0.1, 0.15) is 0 Å². The summed E-state index contributed by atoms with van der Waals surface area (Å²) in [6.07, 6.45) is 0.766. The van der Waals surface area contributed by atoms with Gasteiger partial charge in [-0.1, -0.05) is 30.3 Å². The highest BCUT2D eigenvalue weighted by molar-refractivity contribution is 9.70. The lowest BCUT2D eigenvalue weighted by molar-refractivity contribution is 0.341. The molecule has 2 nitrogen and oxygen atoms in total. The van der Waals surface area contributed by atoms with E-state index in [1.54, 1.807) is 0 Å². The first-order valence-corrected chi connectivity index (χ1v) is 9.42. The smallest absolute Gasteiger partial charge is 0.313 e. The lowest BCUT2D eigenvalue weighted by Gasteiger charge is -2.04. The summed E-state index contributed by atoms with van der Waals surface area (Å²) in [6, 6.07) is 9.92. The van der Waals surface area contributed by atoms with E-state index in [1.807, 2.05) is 30.3 Å². The molecule has 0 bridgehead atoms. The van der Waals surface area contributed by atoms with Crippen LogP contribution in [-0.2, 0) is 15.5 Å². The summed E-state index contributed by atoms with van der Waals surface area (Å²) in [5.41, 5.74) is 1.18. The molecule has 0 aliphatic rings. The molecule has 0 aliphatic carbocycles. The van der Waals surface area contributed by atoms with Crippen molar-refractivity contribution in [2.24, 2.45) is 0 Å². The highest BCUT2D eigenvalue weighted by atomic mass is 79.9. The summed E-state index contributed by atoms with van der Waals surface area (Å²) in [4.78, 5) is 0. The van der Waals surface area contributed by atoms with Gasteiger partial charge in [0.2, 0.25) is 0 Å². The van der Waals surface area contributed by atoms with E-state index < -0.39 is 4.77 Å². The molecule has 0 aliphatic heterocycles. The molecule has 1 aromatic carbocycles. The molecule has 0 atom stereocenters. The predicted molar refractivity (Wildman–Crippen MR) is 61.6 cm³/mol. The van der Waals surface area contributed by atoms with Crippen molar-refractivity contribution in [1.82, 2.24) is 0 Å². The normalized spacial score (nSPS) is 11.5. The Morgan fingerprint density at radius 2 is 1.85 bits per heavy atom. The largest absolute Gasteiger partial charge is 0.328 e. The van der Waals surface area contributed by atoms with Crippen molar-refractivity contribution in [3.05, 3.63) is 35.9 Å². The van der Waals surface area contributed by atoms with Crippen LogP contribution in [0.15, 0.2) is 30.3 Å². The van der Waals surface area contributed by atoms with E-state index in [4.69, 9.17) is 4.52 Å².